The summed E-state index contributed by atoms with van der Waals surface area (Å²) in [5.41, 5.74) is 1.13. The predicted octanol–water partition coefficient (Wildman–Crippen LogP) is 3.81. The Hall–Kier alpha value is -0.500. The second kappa shape index (κ2) is 3.70. The molecule has 0 aliphatic heterocycles. The van der Waals surface area contributed by atoms with Crippen LogP contribution >= 0.6 is 15.9 Å². The molecule has 1 fully saturated rings. The van der Waals surface area contributed by atoms with Crippen LogP contribution < -0.4 is 0 Å². The first-order valence-corrected chi connectivity index (χ1v) is 5.55. The molecule has 2 rings (SSSR count). The van der Waals surface area contributed by atoms with Gasteiger partial charge in [0.25, 0.3) is 0 Å². The zero-order valence-electron chi connectivity index (χ0n) is 7.46. The second-order valence-corrected chi connectivity index (χ2v) is 4.60. The lowest BCUT2D eigenvalue weighted by Gasteiger charge is -2.11. The lowest BCUT2D eigenvalue weighted by molar-refractivity contribution is 0.460. The molecule has 0 spiro atoms. The number of hydrogen-bond acceptors (Lipinski definition) is 1. The molecule has 0 bridgehead atoms. The summed E-state index contributed by atoms with van der Waals surface area (Å²) in [5.74, 6) is 1.04. The van der Waals surface area contributed by atoms with Crippen molar-refractivity contribution in [2.24, 2.45) is 0 Å². The van der Waals surface area contributed by atoms with Crippen molar-refractivity contribution < 1.29 is 5.11 Å². The van der Waals surface area contributed by atoms with E-state index in [0.29, 0.717) is 11.7 Å². The van der Waals surface area contributed by atoms with E-state index in [1.165, 1.54) is 25.7 Å². The summed E-state index contributed by atoms with van der Waals surface area (Å²) in [4.78, 5) is 0. The summed E-state index contributed by atoms with van der Waals surface area (Å²) >= 11 is 3.34. The van der Waals surface area contributed by atoms with E-state index >= 15 is 0 Å². The van der Waals surface area contributed by atoms with Crippen LogP contribution in [0.5, 0.6) is 5.75 Å². The van der Waals surface area contributed by atoms with Crippen LogP contribution in [0, 0.1) is 0 Å². The predicted molar refractivity (Wildman–Crippen MR) is 57.0 cm³/mol. The van der Waals surface area contributed by atoms with Crippen molar-refractivity contribution in [1.82, 2.24) is 0 Å². The highest BCUT2D eigenvalue weighted by Crippen LogP contribution is 2.38. The van der Waals surface area contributed by atoms with Gasteiger partial charge < -0.3 is 5.11 Å². The summed E-state index contributed by atoms with van der Waals surface area (Å²) in [7, 11) is 0. The number of aromatic hydroxyl groups is 1. The zero-order chi connectivity index (χ0) is 9.26. The Morgan fingerprint density at radius 3 is 2.54 bits per heavy atom. The molecule has 0 heterocycles. The molecule has 0 saturated heterocycles. The van der Waals surface area contributed by atoms with E-state index in [-0.39, 0.29) is 0 Å². The van der Waals surface area contributed by atoms with Crippen LogP contribution in [0.3, 0.4) is 0 Å². The maximum absolute atomic E-state index is 9.72. The van der Waals surface area contributed by atoms with E-state index < -0.39 is 0 Å². The van der Waals surface area contributed by atoms with Gasteiger partial charge in [0.15, 0.2) is 0 Å². The van der Waals surface area contributed by atoms with Crippen molar-refractivity contribution in [3.63, 3.8) is 0 Å². The third-order valence-electron chi connectivity index (χ3n) is 2.79. The molecule has 1 aliphatic rings. The first kappa shape index (κ1) is 9.07. The third kappa shape index (κ3) is 1.88. The van der Waals surface area contributed by atoms with E-state index in [4.69, 9.17) is 0 Å². The van der Waals surface area contributed by atoms with E-state index in [2.05, 4.69) is 15.9 Å². The standard InChI is InChI=1S/C11H13BrO/c12-9-5-6-10(11(13)7-9)8-3-1-2-4-8/h5-8,13H,1-4H2. The average molecular weight is 241 g/mol. The van der Waals surface area contributed by atoms with Crippen molar-refractivity contribution >= 4 is 15.9 Å². The molecule has 0 aromatic heterocycles. The van der Waals surface area contributed by atoms with Crippen LogP contribution in [0.1, 0.15) is 37.2 Å². The molecule has 0 atom stereocenters. The summed E-state index contributed by atoms with van der Waals surface area (Å²) in [6, 6.07) is 5.83. The van der Waals surface area contributed by atoms with Crippen molar-refractivity contribution in [1.29, 1.82) is 0 Å². The minimum Gasteiger partial charge on any atom is -0.508 e. The molecular formula is C11H13BrO. The normalized spacial score (nSPS) is 17.9. The zero-order valence-corrected chi connectivity index (χ0v) is 9.05. The van der Waals surface area contributed by atoms with Crippen LogP contribution in [-0.2, 0) is 0 Å². The van der Waals surface area contributed by atoms with Gasteiger partial charge in [-0.15, -0.1) is 0 Å². The van der Waals surface area contributed by atoms with Gasteiger partial charge in [-0.3, -0.25) is 0 Å². The monoisotopic (exact) mass is 240 g/mol. The molecule has 0 amide bonds. The smallest absolute Gasteiger partial charge is 0.120 e. The molecule has 1 N–H and O–H groups in total. The van der Waals surface area contributed by atoms with Gasteiger partial charge in [-0.1, -0.05) is 34.8 Å². The Labute approximate surface area is 86.9 Å². The van der Waals surface area contributed by atoms with Crippen molar-refractivity contribution in [3.05, 3.63) is 28.2 Å². The first-order valence-electron chi connectivity index (χ1n) is 4.76. The van der Waals surface area contributed by atoms with Gasteiger partial charge in [0.2, 0.25) is 0 Å². The highest BCUT2D eigenvalue weighted by Gasteiger charge is 2.19. The van der Waals surface area contributed by atoms with E-state index in [0.717, 1.165) is 10.0 Å². The minimum absolute atomic E-state index is 0.446. The van der Waals surface area contributed by atoms with Crippen molar-refractivity contribution in [2.75, 3.05) is 0 Å². The van der Waals surface area contributed by atoms with Gasteiger partial charge in [-0.05, 0) is 36.5 Å². The topological polar surface area (TPSA) is 20.2 Å². The average Bonchev–Trinajstić information content (AvgIpc) is 2.56. The highest BCUT2D eigenvalue weighted by molar-refractivity contribution is 9.10. The highest BCUT2D eigenvalue weighted by atomic mass is 79.9. The fourth-order valence-electron chi connectivity index (χ4n) is 2.10. The number of rotatable bonds is 1. The molecule has 70 valence electrons. The molecule has 2 heteroatoms. The summed E-state index contributed by atoms with van der Waals surface area (Å²) in [6.45, 7) is 0. The Bertz CT molecular complexity index is 303. The van der Waals surface area contributed by atoms with Crippen LogP contribution in [0.25, 0.3) is 0 Å². The molecule has 1 nitrogen and oxygen atoms in total. The van der Waals surface area contributed by atoms with Gasteiger partial charge in [0.1, 0.15) is 5.75 Å². The number of benzene rings is 1. The van der Waals surface area contributed by atoms with Gasteiger partial charge in [-0.25, -0.2) is 0 Å². The van der Waals surface area contributed by atoms with Crippen molar-refractivity contribution in [3.8, 4) is 5.75 Å². The maximum Gasteiger partial charge on any atom is 0.120 e. The SMILES string of the molecule is Oc1cc(Br)ccc1C1CCCC1. The van der Waals surface area contributed by atoms with E-state index in [1.54, 1.807) is 6.07 Å². The van der Waals surface area contributed by atoms with Gasteiger partial charge in [0.05, 0.1) is 0 Å². The minimum atomic E-state index is 0.446. The molecule has 1 aromatic carbocycles. The first-order chi connectivity index (χ1) is 6.27. The number of halogens is 1. The van der Waals surface area contributed by atoms with Crippen LogP contribution in [-0.4, -0.2) is 5.11 Å². The fraction of sp³-hybridized carbons (Fsp3) is 0.455. The van der Waals surface area contributed by atoms with Gasteiger partial charge in [-0.2, -0.15) is 0 Å². The van der Waals surface area contributed by atoms with E-state index in [1.807, 2.05) is 12.1 Å². The van der Waals surface area contributed by atoms with Crippen molar-refractivity contribution in [2.45, 2.75) is 31.6 Å². The van der Waals surface area contributed by atoms with Crippen LogP contribution in [0.2, 0.25) is 0 Å². The van der Waals surface area contributed by atoms with Gasteiger partial charge >= 0.3 is 0 Å². The number of phenols is 1. The Morgan fingerprint density at radius 1 is 1.23 bits per heavy atom. The lowest BCUT2D eigenvalue weighted by Crippen LogP contribution is -1.92. The quantitative estimate of drug-likeness (QED) is 0.792. The molecule has 0 radical (unpaired) electrons. The Kier molecular flexibility index (Phi) is 2.58. The third-order valence-corrected chi connectivity index (χ3v) is 3.28. The molecule has 1 aromatic rings. The molecule has 1 saturated carbocycles. The van der Waals surface area contributed by atoms with Crippen LogP contribution in [0.15, 0.2) is 22.7 Å². The molecule has 0 unspecified atom stereocenters. The molecule has 1 aliphatic carbocycles. The molecular weight excluding hydrogens is 228 g/mol. The second-order valence-electron chi connectivity index (χ2n) is 3.68. The summed E-state index contributed by atoms with van der Waals surface area (Å²) in [5, 5.41) is 9.72. The van der Waals surface area contributed by atoms with Crippen LogP contribution in [0.4, 0.5) is 0 Å². The summed E-state index contributed by atoms with van der Waals surface area (Å²) in [6.07, 6.45) is 5.07. The fourth-order valence-corrected chi connectivity index (χ4v) is 2.45. The van der Waals surface area contributed by atoms with E-state index in [9.17, 15) is 5.11 Å². The maximum atomic E-state index is 9.72. The Balaban J connectivity index is 2.29. The number of phenolic OH excluding ortho intramolecular Hbond substituents is 1. The lowest BCUT2D eigenvalue weighted by atomic mass is 9.97. The largest absolute Gasteiger partial charge is 0.508 e. The molecule has 13 heavy (non-hydrogen) atoms. The van der Waals surface area contributed by atoms with Gasteiger partial charge in [0, 0.05) is 4.47 Å². The summed E-state index contributed by atoms with van der Waals surface area (Å²) < 4.78 is 0.951. The number of hydrogen-bond donors (Lipinski definition) is 1. The Morgan fingerprint density at radius 2 is 1.92 bits per heavy atom.